The van der Waals surface area contributed by atoms with E-state index < -0.39 is 35.2 Å². The van der Waals surface area contributed by atoms with Crippen LogP contribution in [0.3, 0.4) is 0 Å². The zero-order chi connectivity index (χ0) is 33.9. The van der Waals surface area contributed by atoms with Crippen LogP contribution in [0.1, 0.15) is 26.7 Å². The van der Waals surface area contributed by atoms with Gasteiger partial charge in [-0.1, -0.05) is 0 Å². The summed E-state index contributed by atoms with van der Waals surface area (Å²) in [6, 6.07) is 1.12. The lowest BCUT2D eigenvalue weighted by Crippen LogP contribution is -2.43. The molecule has 0 spiro atoms. The van der Waals surface area contributed by atoms with Crippen molar-refractivity contribution >= 4 is 29.8 Å². The van der Waals surface area contributed by atoms with E-state index in [4.69, 9.17) is 55.0 Å². The summed E-state index contributed by atoms with van der Waals surface area (Å²) in [5, 5.41) is 5.38. The Morgan fingerprint density at radius 3 is 1.18 bits per heavy atom. The summed E-state index contributed by atoms with van der Waals surface area (Å²) in [4.78, 5) is 24.1. The number of amides is 2. The minimum atomic E-state index is -2.68. The van der Waals surface area contributed by atoms with Crippen molar-refractivity contribution in [3.63, 3.8) is 0 Å². The monoisotopic (exact) mass is 690 g/mol. The van der Waals surface area contributed by atoms with Crippen LogP contribution < -0.4 is 10.6 Å². The number of rotatable bonds is 30. The SMILES string of the molecule is CCOCC(COCC)(COCCOC(=O)NCCC[Si](OC)(OC)OC)COCCOC(=O)NCCC[Si](OC)(OC)OC. The molecule has 0 rings (SSSR count). The highest BCUT2D eigenvalue weighted by molar-refractivity contribution is 6.60. The average molecular weight is 691 g/mol. The Morgan fingerprint density at radius 2 is 0.867 bits per heavy atom. The first-order valence-corrected chi connectivity index (χ1v) is 19.0. The predicted octanol–water partition coefficient (Wildman–Crippen LogP) is 2.07. The van der Waals surface area contributed by atoms with Crippen LogP contribution in [0.25, 0.3) is 0 Å². The minimum absolute atomic E-state index is 0.0630. The smallest absolute Gasteiger partial charge is 0.447 e. The van der Waals surface area contributed by atoms with Crippen LogP contribution in [-0.4, -0.2) is 152 Å². The molecule has 0 radical (unpaired) electrons. The fourth-order valence-corrected chi connectivity index (χ4v) is 7.50. The zero-order valence-electron chi connectivity index (χ0n) is 28.5. The van der Waals surface area contributed by atoms with Gasteiger partial charge in [0, 0.05) is 81.1 Å². The number of alkyl carbamates (subject to hydrolysis) is 2. The van der Waals surface area contributed by atoms with Gasteiger partial charge < -0.3 is 65.6 Å². The van der Waals surface area contributed by atoms with Crippen LogP contribution >= 0.6 is 0 Å². The Hall–Kier alpha value is -1.43. The highest BCUT2D eigenvalue weighted by atomic mass is 28.4. The van der Waals surface area contributed by atoms with Crippen LogP contribution in [0.2, 0.25) is 12.1 Å². The third kappa shape index (κ3) is 19.1. The molecule has 2 N–H and O–H groups in total. The van der Waals surface area contributed by atoms with Gasteiger partial charge in [-0.05, 0) is 26.7 Å². The van der Waals surface area contributed by atoms with Crippen molar-refractivity contribution in [2.24, 2.45) is 5.41 Å². The van der Waals surface area contributed by atoms with Crippen LogP contribution in [0.5, 0.6) is 0 Å². The highest BCUT2D eigenvalue weighted by Crippen LogP contribution is 2.21. The van der Waals surface area contributed by atoms with E-state index >= 15 is 0 Å². The van der Waals surface area contributed by atoms with Gasteiger partial charge in [0.25, 0.3) is 0 Å². The topological polar surface area (TPSA) is 169 Å². The van der Waals surface area contributed by atoms with Gasteiger partial charge in [0.05, 0.1) is 45.1 Å². The quantitative estimate of drug-likeness (QED) is 0.0830. The zero-order valence-corrected chi connectivity index (χ0v) is 30.5. The largest absolute Gasteiger partial charge is 0.500 e. The van der Waals surface area contributed by atoms with Crippen LogP contribution in [-0.2, 0) is 55.0 Å². The Morgan fingerprint density at radius 1 is 0.533 bits per heavy atom. The highest BCUT2D eigenvalue weighted by Gasteiger charge is 2.38. The molecule has 0 aliphatic rings. The summed E-state index contributed by atoms with van der Waals surface area (Å²) in [6.07, 6.45) is 0.132. The van der Waals surface area contributed by atoms with Gasteiger partial charge in [-0.15, -0.1) is 0 Å². The third-order valence-electron chi connectivity index (χ3n) is 6.69. The van der Waals surface area contributed by atoms with Crippen LogP contribution in [0.15, 0.2) is 0 Å². The van der Waals surface area contributed by atoms with Crippen molar-refractivity contribution in [1.82, 2.24) is 10.6 Å². The van der Waals surface area contributed by atoms with Crippen molar-refractivity contribution in [3.8, 4) is 0 Å². The molecule has 0 aliphatic carbocycles. The molecule has 0 atom stereocenters. The summed E-state index contributed by atoms with van der Waals surface area (Å²) in [7, 11) is 3.93. The summed E-state index contributed by atoms with van der Waals surface area (Å²) in [5.74, 6) is 0. The standard InChI is InChI=1S/C27H58N2O14Si2/c1-9-38-21-27(22-39-10-2,23-40-15-17-42-25(30)28-13-11-19-44(32-3,33-4)34-5)24-41-16-18-43-26(31)29-14-12-20-45(35-6,36-7)37-8/h9-24H2,1-8H3,(H,28,30)(H,29,31). The first-order valence-electron chi connectivity index (χ1n) is 15.1. The molecular formula is C27H58N2O14Si2. The average Bonchev–Trinajstić information content (AvgIpc) is 3.06. The normalized spacial score (nSPS) is 12.3. The van der Waals surface area contributed by atoms with Crippen LogP contribution in [0.4, 0.5) is 9.59 Å². The lowest BCUT2D eigenvalue weighted by molar-refractivity contribution is -0.109. The molecule has 2 amide bonds. The Labute approximate surface area is 271 Å². The number of carbonyl (C=O) groups excluding carboxylic acids is 2. The fourth-order valence-electron chi connectivity index (χ4n) is 4.06. The first-order chi connectivity index (χ1) is 21.7. The summed E-state index contributed by atoms with van der Waals surface area (Å²) in [5.41, 5.74) is -0.614. The van der Waals surface area contributed by atoms with Gasteiger partial charge in [0.1, 0.15) is 13.2 Å². The summed E-state index contributed by atoms with van der Waals surface area (Å²) in [6.45, 7) is 7.20. The van der Waals surface area contributed by atoms with E-state index in [1.807, 2.05) is 13.8 Å². The van der Waals surface area contributed by atoms with Crippen molar-refractivity contribution in [3.05, 3.63) is 0 Å². The molecule has 18 heteroatoms. The second-order valence-corrected chi connectivity index (χ2v) is 16.0. The molecule has 0 bridgehead atoms. The molecule has 0 aromatic carbocycles. The van der Waals surface area contributed by atoms with E-state index in [1.54, 1.807) is 42.7 Å². The Balaban J connectivity index is 4.51. The molecule has 268 valence electrons. The van der Waals surface area contributed by atoms with Crippen molar-refractivity contribution in [2.75, 3.05) is 122 Å². The van der Waals surface area contributed by atoms with Gasteiger partial charge in [-0.2, -0.15) is 0 Å². The molecule has 0 aromatic rings. The second-order valence-electron chi connectivity index (χ2n) is 9.80. The summed E-state index contributed by atoms with van der Waals surface area (Å²) < 4.78 is 65.8. The molecule has 0 saturated heterocycles. The molecule has 0 saturated carbocycles. The Kier molecular flexibility index (Phi) is 25.8. The lowest BCUT2D eigenvalue weighted by Gasteiger charge is -2.32. The second kappa shape index (κ2) is 26.6. The van der Waals surface area contributed by atoms with E-state index in [9.17, 15) is 9.59 Å². The first kappa shape index (κ1) is 43.6. The number of hydrogen-bond donors (Lipinski definition) is 2. The van der Waals surface area contributed by atoms with E-state index in [2.05, 4.69) is 10.6 Å². The number of nitrogens with one attached hydrogen (secondary N) is 2. The fraction of sp³-hybridized carbons (Fsp3) is 0.926. The van der Waals surface area contributed by atoms with E-state index in [0.29, 0.717) is 64.4 Å². The molecule has 0 aromatic heterocycles. The van der Waals surface area contributed by atoms with Crippen molar-refractivity contribution in [1.29, 1.82) is 0 Å². The number of ether oxygens (including phenoxy) is 6. The van der Waals surface area contributed by atoms with Gasteiger partial charge in [-0.25, -0.2) is 9.59 Å². The van der Waals surface area contributed by atoms with Crippen molar-refractivity contribution in [2.45, 2.75) is 38.8 Å². The molecule has 0 aliphatic heterocycles. The molecular weight excluding hydrogens is 632 g/mol. The van der Waals surface area contributed by atoms with E-state index in [-0.39, 0.29) is 39.6 Å². The maximum absolute atomic E-state index is 12.0. The predicted molar refractivity (Wildman–Crippen MR) is 168 cm³/mol. The van der Waals surface area contributed by atoms with Gasteiger partial charge >= 0.3 is 29.8 Å². The number of carbonyl (C=O) groups is 2. The summed E-state index contributed by atoms with van der Waals surface area (Å²) >= 11 is 0. The number of hydrogen-bond acceptors (Lipinski definition) is 14. The molecule has 0 heterocycles. The third-order valence-corrected chi connectivity index (χ3v) is 12.4. The Bertz CT molecular complexity index is 672. The molecule has 16 nitrogen and oxygen atoms in total. The van der Waals surface area contributed by atoms with Gasteiger partial charge in [0.15, 0.2) is 0 Å². The molecule has 45 heavy (non-hydrogen) atoms. The van der Waals surface area contributed by atoms with E-state index in [0.717, 1.165) is 0 Å². The molecule has 0 fully saturated rings. The maximum atomic E-state index is 12.0. The maximum Gasteiger partial charge on any atom is 0.500 e. The lowest BCUT2D eigenvalue weighted by atomic mass is 9.92. The minimum Gasteiger partial charge on any atom is -0.447 e. The van der Waals surface area contributed by atoms with Gasteiger partial charge in [0.2, 0.25) is 0 Å². The van der Waals surface area contributed by atoms with Crippen LogP contribution in [0, 0.1) is 5.41 Å². The van der Waals surface area contributed by atoms with Gasteiger partial charge in [-0.3, -0.25) is 0 Å². The molecule has 0 unspecified atom stereocenters. The van der Waals surface area contributed by atoms with Crippen molar-refractivity contribution < 1.29 is 64.6 Å². The van der Waals surface area contributed by atoms with E-state index in [1.165, 1.54) is 0 Å².